The Bertz CT molecular complexity index is 802. The van der Waals surface area contributed by atoms with Crippen LogP contribution >= 0.6 is 0 Å². The van der Waals surface area contributed by atoms with Gasteiger partial charge in [-0.25, -0.2) is 16.8 Å². The summed E-state index contributed by atoms with van der Waals surface area (Å²) in [6.45, 7) is 7.74. The number of hydrogen-bond acceptors (Lipinski definition) is 4. The first kappa shape index (κ1) is 21.7. The zero-order valence-corrected chi connectivity index (χ0v) is 18.8. The highest BCUT2D eigenvalue weighted by atomic mass is 32.2. The monoisotopic (exact) mass is 428 g/mol. The summed E-state index contributed by atoms with van der Waals surface area (Å²) in [7, 11) is -7.29. The van der Waals surface area contributed by atoms with Crippen LogP contribution in [0.4, 0.5) is 0 Å². The lowest BCUT2D eigenvalue weighted by Crippen LogP contribution is -2.47. The number of hydrogen-bond donors (Lipinski definition) is 0. The molecule has 2 heterocycles. The standard InChI is InChI=1S/C20H32N2O4S2/c1-15-7-5-8-16(2)21(15)27(23,24)19-11-13-20(14-12-19)28(25,26)22-17(3)9-6-10-18(22)4/h11-18H,5-10H2,1-4H3/t15-,16-,17-,18+/m1/s1. The molecule has 2 fully saturated rings. The van der Waals surface area contributed by atoms with Crippen molar-refractivity contribution in [1.82, 2.24) is 8.61 Å². The normalized spacial score (nSPS) is 31.0. The van der Waals surface area contributed by atoms with Crippen LogP contribution in [-0.2, 0) is 20.0 Å². The first-order valence-corrected chi connectivity index (χ1v) is 13.1. The van der Waals surface area contributed by atoms with E-state index in [1.54, 1.807) is 8.61 Å². The quantitative estimate of drug-likeness (QED) is 0.734. The fourth-order valence-electron chi connectivity index (χ4n) is 4.77. The molecule has 0 amide bonds. The summed E-state index contributed by atoms with van der Waals surface area (Å²) in [5.41, 5.74) is 0. The second-order valence-electron chi connectivity index (χ2n) is 8.40. The summed E-state index contributed by atoms with van der Waals surface area (Å²) in [5.74, 6) is 0. The minimum atomic E-state index is -3.64. The second-order valence-corrected chi connectivity index (χ2v) is 12.1. The van der Waals surface area contributed by atoms with Gasteiger partial charge in [0.1, 0.15) is 0 Å². The zero-order chi connectivity index (χ0) is 20.7. The summed E-state index contributed by atoms with van der Waals surface area (Å²) < 4.78 is 55.7. The van der Waals surface area contributed by atoms with E-state index in [4.69, 9.17) is 0 Å². The van der Waals surface area contributed by atoms with Gasteiger partial charge in [-0.3, -0.25) is 0 Å². The molecule has 2 aliphatic heterocycles. The van der Waals surface area contributed by atoms with Gasteiger partial charge in [0.05, 0.1) is 9.79 Å². The van der Waals surface area contributed by atoms with Gasteiger partial charge in [-0.05, 0) is 77.6 Å². The highest BCUT2D eigenvalue weighted by Gasteiger charge is 2.37. The summed E-state index contributed by atoms with van der Waals surface area (Å²) in [5, 5.41) is 0. The van der Waals surface area contributed by atoms with Crippen molar-refractivity contribution in [2.45, 2.75) is 100 Å². The number of nitrogens with zero attached hydrogens (tertiary/aromatic N) is 2. The van der Waals surface area contributed by atoms with Crippen LogP contribution in [0, 0.1) is 0 Å². The molecule has 0 bridgehead atoms. The Morgan fingerprint density at radius 2 is 0.857 bits per heavy atom. The molecule has 0 N–H and O–H groups in total. The van der Waals surface area contributed by atoms with Crippen molar-refractivity contribution >= 4 is 20.0 Å². The van der Waals surface area contributed by atoms with E-state index >= 15 is 0 Å². The van der Waals surface area contributed by atoms with Gasteiger partial charge >= 0.3 is 0 Å². The molecule has 6 nitrogen and oxygen atoms in total. The zero-order valence-electron chi connectivity index (χ0n) is 17.2. The molecule has 0 radical (unpaired) electrons. The molecule has 8 heteroatoms. The Hall–Kier alpha value is -0.960. The van der Waals surface area contributed by atoms with Crippen LogP contribution in [-0.4, -0.2) is 49.6 Å². The van der Waals surface area contributed by atoms with Crippen molar-refractivity contribution in [2.75, 3.05) is 0 Å². The topological polar surface area (TPSA) is 74.8 Å². The van der Waals surface area contributed by atoms with Gasteiger partial charge in [0.2, 0.25) is 20.0 Å². The third-order valence-electron chi connectivity index (χ3n) is 6.20. The van der Waals surface area contributed by atoms with Gasteiger partial charge in [-0.2, -0.15) is 8.61 Å². The fourth-order valence-corrected chi connectivity index (χ4v) is 8.53. The van der Waals surface area contributed by atoms with E-state index in [9.17, 15) is 16.8 Å². The molecule has 0 aliphatic carbocycles. The molecular formula is C20H32N2O4S2. The van der Waals surface area contributed by atoms with Crippen molar-refractivity contribution in [3.63, 3.8) is 0 Å². The molecule has 0 saturated carbocycles. The first-order chi connectivity index (χ1) is 13.1. The van der Waals surface area contributed by atoms with Gasteiger partial charge in [-0.15, -0.1) is 0 Å². The Kier molecular flexibility index (Phi) is 6.25. The Balaban J connectivity index is 1.91. The van der Waals surface area contributed by atoms with Gasteiger partial charge < -0.3 is 0 Å². The summed E-state index contributed by atoms with van der Waals surface area (Å²) in [4.78, 5) is 0.318. The lowest BCUT2D eigenvalue weighted by Gasteiger charge is -2.38. The predicted molar refractivity (Wildman–Crippen MR) is 110 cm³/mol. The third-order valence-corrected chi connectivity index (χ3v) is 10.5. The highest BCUT2D eigenvalue weighted by Crippen LogP contribution is 2.32. The SMILES string of the molecule is C[C@@H]1CCC[C@@H](C)N1S(=O)(=O)c1ccc(S(=O)(=O)N2[C@H](C)CCC[C@@H]2C)cc1. The summed E-state index contributed by atoms with van der Waals surface area (Å²) >= 11 is 0. The van der Waals surface area contributed by atoms with Crippen molar-refractivity contribution in [2.24, 2.45) is 0 Å². The number of rotatable bonds is 4. The van der Waals surface area contributed by atoms with Crippen molar-refractivity contribution in [3.05, 3.63) is 24.3 Å². The van der Waals surface area contributed by atoms with E-state index in [1.165, 1.54) is 24.3 Å². The molecule has 28 heavy (non-hydrogen) atoms. The van der Waals surface area contributed by atoms with Crippen LogP contribution in [0.15, 0.2) is 34.1 Å². The van der Waals surface area contributed by atoms with Crippen molar-refractivity contribution in [3.8, 4) is 0 Å². The van der Waals surface area contributed by atoms with E-state index in [2.05, 4.69) is 0 Å². The van der Waals surface area contributed by atoms with E-state index in [1.807, 2.05) is 27.7 Å². The molecule has 0 unspecified atom stereocenters. The molecule has 3 rings (SSSR count). The van der Waals surface area contributed by atoms with Gasteiger partial charge in [0.15, 0.2) is 0 Å². The van der Waals surface area contributed by atoms with Gasteiger partial charge in [0, 0.05) is 24.2 Å². The van der Waals surface area contributed by atoms with Crippen LogP contribution in [0.3, 0.4) is 0 Å². The Morgan fingerprint density at radius 3 is 1.11 bits per heavy atom. The molecule has 1 aromatic rings. The van der Waals surface area contributed by atoms with Gasteiger partial charge in [0.25, 0.3) is 0 Å². The predicted octanol–water partition coefficient (Wildman–Crippen LogP) is 3.59. The molecule has 4 atom stereocenters. The summed E-state index contributed by atoms with van der Waals surface area (Å²) in [6.07, 6.45) is 5.44. The Morgan fingerprint density at radius 1 is 0.607 bits per heavy atom. The maximum atomic E-state index is 13.1. The van der Waals surface area contributed by atoms with Crippen LogP contribution in [0.2, 0.25) is 0 Å². The third kappa shape index (κ3) is 3.88. The number of benzene rings is 1. The smallest absolute Gasteiger partial charge is 0.207 e. The van der Waals surface area contributed by atoms with E-state index in [-0.39, 0.29) is 34.0 Å². The minimum Gasteiger partial charge on any atom is -0.207 e. The maximum Gasteiger partial charge on any atom is 0.243 e. The molecule has 158 valence electrons. The average Bonchev–Trinajstić information content (AvgIpc) is 2.61. The van der Waals surface area contributed by atoms with Gasteiger partial charge in [-0.1, -0.05) is 12.8 Å². The van der Waals surface area contributed by atoms with Crippen LogP contribution in [0.1, 0.15) is 66.2 Å². The minimum absolute atomic E-state index is 0.0489. The average molecular weight is 429 g/mol. The summed E-state index contributed by atoms with van der Waals surface area (Å²) in [6, 6.07) is 5.56. The molecule has 0 spiro atoms. The maximum absolute atomic E-state index is 13.1. The molecule has 2 saturated heterocycles. The number of piperidine rings is 2. The molecule has 1 aromatic carbocycles. The van der Waals surface area contributed by atoms with E-state index in [0.29, 0.717) is 0 Å². The fraction of sp³-hybridized carbons (Fsp3) is 0.700. The first-order valence-electron chi connectivity index (χ1n) is 10.2. The largest absolute Gasteiger partial charge is 0.243 e. The van der Waals surface area contributed by atoms with Crippen LogP contribution in [0.25, 0.3) is 0 Å². The second kappa shape index (κ2) is 8.05. The van der Waals surface area contributed by atoms with Crippen molar-refractivity contribution < 1.29 is 16.8 Å². The highest BCUT2D eigenvalue weighted by molar-refractivity contribution is 7.89. The molecule has 2 aliphatic rings. The van der Waals surface area contributed by atoms with Crippen LogP contribution in [0.5, 0.6) is 0 Å². The van der Waals surface area contributed by atoms with E-state index in [0.717, 1.165) is 38.5 Å². The Labute approximate surface area is 170 Å². The van der Waals surface area contributed by atoms with E-state index < -0.39 is 20.0 Å². The molecular weight excluding hydrogens is 396 g/mol. The number of sulfonamides is 2. The lowest BCUT2D eigenvalue weighted by molar-refractivity contribution is 0.203. The van der Waals surface area contributed by atoms with Crippen LogP contribution < -0.4 is 0 Å². The molecule has 0 aromatic heterocycles. The van der Waals surface area contributed by atoms with Crippen molar-refractivity contribution in [1.29, 1.82) is 0 Å². The lowest BCUT2D eigenvalue weighted by atomic mass is 10.0.